The van der Waals surface area contributed by atoms with Crippen molar-refractivity contribution >= 4 is 18.3 Å². The lowest BCUT2D eigenvalue weighted by molar-refractivity contribution is 0.425. The third-order valence-corrected chi connectivity index (χ3v) is 1.84. The summed E-state index contributed by atoms with van der Waals surface area (Å²) in [4.78, 5) is 0. The summed E-state index contributed by atoms with van der Waals surface area (Å²) in [5.74, 6) is -0.665. The van der Waals surface area contributed by atoms with Crippen LogP contribution in [0.3, 0.4) is 0 Å². The maximum Gasteiger partial charge on any atom is 0.488 e. The van der Waals surface area contributed by atoms with E-state index in [1.807, 2.05) is 0 Å². The summed E-state index contributed by atoms with van der Waals surface area (Å²) in [6.07, 6.45) is 1.10. The number of hydrogen-bond donors (Lipinski definition) is 3. The normalized spacial score (nSPS) is 8.76. The van der Waals surface area contributed by atoms with E-state index in [4.69, 9.17) is 20.6 Å². The highest BCUT2D eigenvalue weighted by molar-refractivity contribution is 6.58. The Labute approximate surface area is 97.2 Å². The zero-order valence-corrected chi connectivity index (χ0v) is 8.55. The van der Waals surface area contributed by atoms with Crippen LogP contribution in [0.5, 0.6) is 0 Å². The van der Waals surface area contributed by atoms with Crippen molar-refractivity contribution in [2.45, 2.75) is 0 Å². The fourth-order valence-electron chi connectivity index (χ4n) is 1.09. The lowest BCUT2D eigenvalue weighted by Crippen LogP contribution is -2.30. The molecule has 84 valence electrons. The van der Waals surface area contributed by atoms with Crippen LogP contribution in [-0.2, 0) is 0 Å². The fraction of sp³-hybridized carbons (Fsp3) is 0. The molecule has 0 saturated carbocycles. The maximum absolute atomic E-state index is 13.1. The largest absolute Gasteiger partial charge is 0.488 e. The van der Waals surface area contributed by atoms with E-state index in [2.05, 4.69) is 5.32 Å². The monoisotopic (exact) mass is 231 g/mol. The molecule has 1 aromatic carbocycles. The number of nitrogens with zero attached hydrogens (tertiary/aromatic N) is 2. The fourth-order valence-corrected chi connectivity index (χ4v) is 1.09. The molecule has 17 heavy (non-hydrogen) atoms. The Bertz CT molecular complexity index is 515. The molecule has 0 heterocycles. The summed E-state index contributed by atoms with van der Waals surface area (Å²) in [5, 5.41) is 37.2. The van der Waals surface area contributed by atoms with Gasteiger partial charge in [-0.05, 0) is 23.7 Å². The Balaban J connectivity index is 2.97. The van der Waals surface area contributed by atoms with Crippen LogP contribution in [0, 0.1) is 28.5 Å². The van der Waals surface area contributed by atoms with E-state index in [0.29, 0.717) is 0 Å². The first-order chi connectivity index (χ1) is 8.06. The van der Waals surface area contributed by atoms with Gasteiger partial charge in [0.2, 0.25) is 0 Å². The Kier molecular flexibility index (Phi) is 4.24. The molecule has 0 amide bonds. The average molecular weight is 231 g/mol. The van der Waals surface area contributed by atoms with E-state index in [9.17, 15) is 4.39 Å². The molecular weight excluding hydrogens is 224 g/mol. The number of allylic oxidation sites excluding steroid dienone is 1. The van der Waals surface area contributed by atoms with Gasteiger partial charge >= 0.3 is 7.12 Å². The van der Waals surface area contributed by atoms with Crippen LogP contribution >= 0.6 is 0 Å². The van der Waals surface area contributed by atoms with Crippen molar-refractivity contribution in [2.75, 3.05) is 5.32 Å². The van der Waals surface area contributed by atoms with Crippen LogP contribution in [0.4, 0.5) is 10.1 Å². The summed E-state index contributed by atoms with van der Waals surface area (Å²) in [6, 6.07) is 6.59. The van der Waals surface area contributed by atoms with Crippen molar-refractivity contribution in [1.82, 2.24) is 0 Å². The number of anilines is 1. The first-order valence-electron chi connectivity index (χ1n) is 4.50. The second-order valence-electron chi connectivity index (χ2n) is 3.07. The van der Waals surface area contributed by atoms with E-state index < -0.39 is 12.9 Å². The third kappa shape index (κ3) is 3.61. The van der Waals surface area contributed by atoms with Crippen molar-refractivity contribution in [3.05, 3.63) is 35.8 Å². The standard InChI is InChI=1S/C10H7BFN3O2/c12-9-1-8(11(16)17)2-10(3-9)15-6-7(4-13)5-14/h1-3,6,15-17H. The Morgan fingerprint density at radius 1 is 1.29 bits per heavy atom. The average Bonchev–Trinajstić information content (AvgIpc) is 2.29. The van der Waals surface area contributed by atoms with Crippen LogP contribution < -0.4 is 10.8 Å². The van der Waals surface area contributed by atoms with Gasteiger partial charge in [0.05, 0.1) is 0 Å². The maximum atomic E-state index is 13.1. The van der Waals surface area contributed by atoms with Crippen molar-refractivity contribution in [1.29, 1.82) is 10.5 Å². The molecule has 0 aliphatic carbocycles. The molecule has 0 bridgehead atoms. The SMILES string of the molecule is N#CC(C#N)=CNc1cc(F)cc(B(O)O)c1. The molecule has 0 aliphatic rings. The topological polar surface area (TPSA) is 100 Å². The molecule has 1 rings (SSSR count). The molecule has 0 aliphatic heterocycles. The minimum absolute atomic E-state index is 0.0311. The van der Waals surface area contributed by atoms with Crippen LogP contribution in [0.25, 0.3) is 0 Å². The molecule has 3 N–H and O–H groups in total. The van der Waals surface area contributed by atoms with Gasteiger partial charge in [0.15, 0.2) is 0 Å². The van der Waals surface area contributed by atoms with E-state index in [1.165, 1.54) is 6.07 Å². The molecule has 5 nitrogen and oxygen atoms in total. The van der Waals surface area contributed by atoms with Gasteiger partial charge in [0.1, 0.15) is 23.5 Å². The summed E-state index contributed by atoms with van der Waals surface area (Å²) >= 11 is 0. The number of rotatable bonds is 3. The van der Waals surface area contributed by atoms with Crippen molar-refractivity contribution in [2.24, 2.45) is 0 Å². The van der Waals surface area contributed by atoms with Crippen molar-refractivity contribution in [3.8, 4) is 12.1 Å². The quantitative estimate of drug-likeness (QED) is 0.496. The lowest BCUT2D eigenvalue weighted by Gasteiger charge is -2.05. The summed E-state index contributed by atoms with van der Waals surface area (Å²) in [7, 11) is -1.79. The highest BCUT2D eigenvalue weighted by atomic mass is 19.1. The van der Waals surface area contributed by atoms with Crippen LogP contribution in [0.2, 0.25) is 0 Å². The van der Waals surface area contributed by atoms with Crippen LogP contribution in [0.1, 0.15) is 0 Å². The predicted octanol–water partition coefficient (Wildman–Crippen LogP) is -0.152. The molecule has 0 radical (unpaired) electrons. The summed E-state index contributed by atoms with van der Waals surface area (Å²) in [5.41, 5.74) is -0.00664. The molecule has 7 heteroatoms. The minimum Gasteiger partial charge on any atom is -0.423 e. The van der Waals surface area contributed by atoms with Gasteiger partial charge in [-0.1, -0.05) is 0 Å². The van der Waals surface area contributed by atoms with E-state index in [1.54, 1.807) is 12.1 Å². The lowest BCUT2D eigenvalue weighted by atomic mass is 9.80. The highest BCUT2D eigenvalue weighted by Crippen LogP contribution is 2.08. The molecule has 0 fully saturated rings. The number of nitrogens with one attached hydrogen (secondary N) is 1. The van der Waals surface area contributed by atoms with E-state index in [0.717, 1.165) is 18.3 Å². The number of nitriles is 2. The highest BCUT2D eigenvalue weighted by Gasteiger charge is 2.12. The predicted molar refractivity (Wildman–Crippen MR) is 59.2 cm³/mol. The third-order valence-electron chi connectivity index (χ3n) is 1.84. The zero-order chi connectivity index (χ0) is 12.8. The Hall–Kier alpha value is -2.35. The Morgan fingerprint density at radius 2 is 1.94 bits per heavy atom. The van der Waals surface area contributed by atoms with E-state index >= 15 is 0 Å². The second-order valence-corrected chi connectivity index (χ2v) is 3.07. The molecule has 0 atom stereocenters. The molecule has 0 aromatic heterocycles. The van der Waals surface area contributed by atoms with E-state index in [-0.39, 0.29) is 16.7 Å². The van der Waals surface area contributed by atoms with Crippen molar-refractivity contribution < 1.29 is 14.4 Å². The van der Waals surface area contributed by atoms with Gasteiger partial charge in [-0.15, -0.1) is 0 Å². The minimum atomic E-state index is -1.79. The molecule has 0 unspecified atom stereocenters. The number of hydrogen-bond acceptors (Lipinski definition) is 5. The second kappa shape index (κ2) is 5.66. The summed E-state index contributed by atoms with van der Waals surface area (Å²) < 4.78 is 13.1. The van der Waals surface area contributed by atoms with Gasteiger partial charge in [-0.2, -0.15) is 10.5 Å². The van der Waals surface area contributed by atoms with Gasteiger partial charge in [0, 0.05) is 11.9 Å². The first kappa shape index (κ1) is 12.7. The van der Waals surface area contributed by atoms with Crippen LogP contribution in [0.15, 0.2) is 30.0 Å². The summed E-state index contributed by atoms with van der Waals surface area (Å²) in [6.45, 7) is 0. The number of benzene rings is 1. The Morgan fingerprint density at radius 3 is 2.47 bits per heavy atom. The first-order valence-corrected chi connectivity index (χ1v) is 4.50. The molecule has 0 saturated heterocycles. The molecule has 0 spiro atoms. The van der Waals surface area contributed by atoms with Gasteiger partial charge < -0.3 is 15.4 Å². The zero-order valence-electron chi connectivity index (χ0n) is 8.55. The van der Waals surface area contributed by atoms with Crippen molar-refractivity contribution in [3.63, 3.8) is 0 Å². The molecule has 1 aromatic rings. The van der Waals surface area contributed by atoms with Gasteiger partial charge in [0.25, 0.3) is 0 Å². The smallest absolute Gasteiger partial charge is 0.423 e. The van der Waals surface area contributed by atoms with Gasteiger partial charge in [-0.25, -0.2) is 4.39 Å². The number of halogens is 1. The molecular formula is C10H7BFN3O2. The van der Waals surface area contributed by atoms with Gasteiger partial charge in [-0.3, -0.25) is 0 Å². The van der Waals surface area contributed by atoms with Crippen LogP contribution in [-0.4, -0.2) is 17.2 Å².